The monoisotopic (exact) mass is 231 g/mol. The molecule has 1 N–H and O–H groups in total. The summed E-state index contributed by atoms with van der Waals surface area (Å²) in [5.74, 6) is 0.453. The Hall–Kier alpha value is -1.08. The van der Waals surface area contributed by atoms with E-state index in [1.165, 1.54) is 11.8 Å². The number of rotatable bonds is 4. The molecular formula is C8H13N3O3S. The Morgan fingerprint density at radius 2 is 2.33 bits per heavy atom. The van der Waals surface area contributed by atoms with Crippen LogP contribution in [0.2, 0.25) is 0 Å². The number of aromatic nitrogens is 2. The summed E-state index contributed by atoms with van der Waals surface area (Å²) in [4.78, 5) is 14.1. The third-order valence-corrected chi connectivity index (χ3v) is 3.22. The normalized spacial score (nSPS) is 12.8. The molecule has 6 nitrogen and oxygen atoms in total. The molecule has 0 radical (unpaired) electrons. The van der Waals surface area contributed by atoms with Gasteiger partial charge >= 0.3 is 5.82 Å². The maximum absolute atomic E-state index is 10.7. The third-order valence-electron chi connectivity index (χ3n) is 1.99. The average molecular weight is 231 g/mol. The van der Waals surface area contributed by atoms with E-state index in [-0.39, 0.29) is 17.7 Å². The molecule has 0 aliphatic carbocycles. The van der Waals surface area contributed by atoms with E-state index in [0.29, 0.717) is 10.9 Å². The van der Waals surface area contributed by atoms with Crippen LogP contribution in [-0.2, 0) is 7.05 Å². The second kappa shape index (κ2) is 4.63. The first-order valence-corrected chi connectivity index (χ1v) is 5.30. The fourth-order valence-corrected chi connectivity index (χ4v) is 2.02. The Balaban J connectivity index is 3.08. The molecule has 1 heterocycles. The van der Waals surface area contributed by atoms with Crippen LogP contribution < -0.4 is 0 Å². The van der Waals surface area contributed by atoms with Gasteiger partial charge in [0, 0.05) is 19.2 Å². The van der Waals surface area contributed by atoms with Crippen molar-refractivity contribution in [2.24, 2.45) is 7.05 Å². The predicted molar refractivity (Wildman–Crippen MR) is 57.0 cm³/mol. The first kappa shape index (κ1) is 12.0. The molecule has 0 spiro atoms. The van der Waals surface area contributed by atoms with Crippen LogP contribution >= 0.6 is 11.8 Å². The Bertz CT molecular complexity index is 377. The minimum atomic E-state index is -0.501. The van der Waals surface area contributed by atoms with Crippen LogP contribution in [0.15, 0.2) is 5.03 Å². The zero-order chi connectivity index (χ0) is 11.6. The number of aliphatic hydroxyl groups is 1. The quantitative estimate of drug-likeness (QED) is 0.477. The van der Waals surface area contributed by atoms with Crippen molar-refractivity contribution in [3.05, 3.63) is 15.9 Å². The van der Waals surface area contributed by atoms with E-state index in [1.807, 2.05) is 0 Å². The van der Waals surface area contributed by atoms with Crippen LogP contribution in [0, 0.1) is 17.0 Å². The first-order valence-electron chi connectivity index (χ1n) is 4.42. The van der Waals surface area contributed by atoms with Crippen LogP contribution in [0.25, 0.3) is 0 Å². The largest absolute Gasteiger partial charge is 0.396 e. The van der Waals surface area contributed by atoms with Crippen LogP contribution in [0.4, 0.5) is 5.82 Å². The van der Waals surface area contributed by atoms with Crippen molar-refractivity contribution in [2.45, 2.75) is 24.1 Å². The number of imidazole rings is 1. The van der Waals surface area contributed by atoms with Gasteiger partial charge in [-0.25, -0.2) is 0 Å². The number of hydrogen-bond donors (Lipinski definition) is 1. The molecule has 1 rings (SSSR count). The molecule has 0 saturated heterocycles. The topological polar surface area (TPSA) is 81.2 Å². The molecule has 1 aromatic rings. The molecule has 1 atom stereocenters. The van der Waals surface area contributed by atoms with Crippen molar-refractivity contribution >= 4 is 17.6 Å². The van der Waals surface area contributed by atoms with Crippen LogP contribution in [0.5, 0.6) is 0 Å². The lowest BCUT2D eigenvalue weighted by atomic mass is 10.5. The van der Waals surface area contributed by atoms with Crippen molar-refractivity contribution in [1.82, 2.24) is 9.55 Å². The summed E-state index contributed by atoms with van der Waals surface area (Å²) >= 11 is 1.25. The maximum Gasteiger partial charge on any atom is 0.396 e. The van der Waals surface area contributed by atoms with Crippen molar-refractivity contribution in [2.75, 3.05) is 6.61 Å². The SMILES string of the molecule is Cc1nc([N+](=O)[O-])c(SC(C)CO)n1C. The molecule has 0 aromatic carbocycles. The van der Waals surface area contributed by atoms with E-state index < -0.39 is 4.92 Å². The Kier molecular flexibility index (Phi) is 3.70. The lowest BCUT2D eigenvalue weighted by Gasteiger charge is -2.06. The first-order chi connectivity index (χ1) is 6.97. The number of hydrogen-bond acceptors (Lipinski definition) is 5. The van der Waals surface area contributed by atoms with Gasteiger partial charge in [0.15, 0.2) is 5.03 Å². The molecule has 15 heavy (non-hydrogen) atoms. The minimum Gasteiger partial charge on any atom is -0.395 e. The number of aryl methyl sites for hydroxylation is 1. The van der Waals surface area contributed by atoms with E-state index in [0.717, 1.165) is 0 Å². The molecule has 1 aromatic heterocycles. The lowest BCUT2D eigenvalue weighted by molar-refractivity contribution is -0.392. The summed E-state index contributed by atoms with van der Waals surface area (Å²) in [5.41, 5.74) is 0. The van der Waals surface area contributed by atoms with Crippen molar-refractivity contribution in [3.8, 4) is 0 Å². The average Bonchev–Trinajstić information content (AvgIpc) is 2.46. The molecule has 0 aliphatic heterocycles. The highest BCUT2D eigenvalue weighted by Gasteiger charge is 2.25. The van der Waals surface area contributed by atoms with Gasteiger partial charge in [0.25, 0.3) is 0 Å². The number of thioether (sulfide) groups is 1. The summed E-state index contributed by atoms with van der Waals surface area (Å²) in [6.45, 7) is 3.49. The highest BCUT2D eigenvalue weighted by atomic mass is 32.2. The van der Waals surface area contributed by atoms with Gasteiger partial charge in [-0.1, -0.05) is 18.7 Å². The van der Waals surface area contributed by atoms with Gasteiger partial charge in [0.1, 0.15) is 0 Å². The van der Waals surface area contributed by atoms with Gasteiger partial charge in [-0.3, -0.25) is 4.57 Å². The number of aliphatic hydroxyl groups excluding tert-OH is 1. The predicted octanol–water partition coefficient (Wildman–Crippen LogP) is 1.11. The molecule has 0 saturated carbocycles. The van der Waals surface area contributed by atoms with E-state index in [2.05, 4.69) is 4.98 Å². The van der Waals surface area contributed by atoms with E-state index in [4.69, 9.17) is 5.11 Å². The van der Waals surface area contributed by atoms with E-state index in [1.54, 1.807) is 25.5 Å². The summed E-state index contributed by atoms with van der Waals surface area (Å²) in [6.07, 6.45) is 0. The molecule has 0 fully saturated rings. The molecule has 1 unspecified atom stereocenters. The van der Waals surface area contributed by atoms with Gasteiger partial charge in [0.05, 0.1) is 6.61 Å². The highest BCUT2D eigenvalue weighted by Crippen LogP contribution is 2.31. The summed E-state index contributed by atoms with van der Waals surface area (Å²) in [5, 5.41) is 20.0. The molecule has 0 amide bonds. The minimum absolute atomic E-state index is 0.0218. The second-order valence-corrected chi connectivity index (χ2v) is 4.64. The van der Waals surface area contributed by atoms with E-state index in [9.17, 15) is 10.1 Å². The van der Waals surface area contributed by atoms with Gasteiger partial charge in [-0.05, 0) is 9.91 Å². The highest BCUT2D eigenvalue weighted by molar-refractivity contribution is 8.00. The molecule has 0 aliphatic rings. The smallest absolute Gasteiger partial charge is 0.395 e. The Morgan fingerprint density at radius 3 is 2.80 bits per heavy atom. The van der Waals surface area contributed by atoms with Crippen LogP contribution in [0.3, 0.4) is 0 Å². The lowest BCUT2D eigenvalue weighted by Crippen LogP contribution is -2.05. The van der Waals surface area contributed by atoms with Gasteiger partial charge in [-0.2, -0.15) is 0 Å². The Morgan fingerprint density at radius 1 is 1.73 bits per heavy atom. The van der Waals surface area contributed by atoms with Crippen LogP contribution in [0.1, 0.15) is 12.7 Å². The third kappa shape index (κ3) is 2.48. The van der Waals surface area contributed by atoms with Crippen LogP contribution in [-0.4, -0.2) is 31.4 Å². The van der Waals surface area contributed by atoms with Crippen molar-refractivity contribution in [1.29, 1.82) is 0 Å². The molecule has 0 bridgehead atoms. The Labute approximate surface area is 91.5 Å². The standard InChI is InChI=1S/C8H13N3O3S/c1-5(4-12)15-8-7(11(13)14)9-6(2)10(8)3/h5,12H,4H2,1-3H3. The summed E-state index contributed by atoms with van der Waals surface area (Å²) in [6, 6.07) is 0. The summed E-state index contributed by atoms with van der Waals surface area (Å²) < 4.78 is 1.66. The van der Waals surface area contributed by atoms with Crippen molar-refractivity contribution in [3.63, 3.8) is 0 Å². The molecular weight excluding hydrogens is 218 g/mol. The fourth-order valence-electron chi connectivity index (χ4n) is 1.05. The molecule has 84 valence electrons. The second-order valence-electron chi connectivity index (χ2n) is 3.21. The fraction of sp³-hybridized carbons (Fsp3) is 0.625. The van der Waals surface area contributed by atoms with Gasteiger partial charge in [0.2, 0.25) is 5.82 Å². The number of nitrogens with zero attached hydrogens (tertiary/aromatic N) is 3. The zero-order valence-electron chi connectivity index (χ0n) is 8.80. The summed E-state index contributed by atoms with van der Waals surface area (Å²) in [7, 11) is 1.72. The van der Waals surface area contributed by atoms with Gasteiger partial charge in [-0.15, -0.1) is 0 Å². The molecule has 7 heteroatoms. The van der Waals surface area contributed by atoms with E-state index >= 15 is 0 Å². The van der Waals surface area contributed by atoms with Gasteiger partial charge < -0.3 is 15.2 Å². The maximum atomic E-state index is 10.7. The zero-order valence-corrected chi connectivity index (χ0v) is 9.61. The number of nitro groups is 1. The van der Waals surface area contributed by atoms with Crippen molar-refractivity contribution < 1.29 is 10.0 Å².